The molecule has 1 saturated heterocycles. The lowest BCUT2D eigenvalue weighted by atomic mass is 9.91. The van der Waals surface area contributed by atoms with E-state index in [9.17, 15) is 4.79 Å². The second-order valence-corrected chi connectivity index (χ2v) is 4.87. The van der Waals surface area contributed by atoms with Crippen LogP contribution in [0, 0.1) is 5.92 Å². The van der Waals surface area contributed by atoms with Crippen LogP contribution in [0.3, 0.4) is 0 Å². The molecule has 2 unspecified atom stereocenters. The molecule has 0 radical (unpaired) electrons. The van der Waals surface area contributed by atoms with E-state index in [2.05, 4.69) is 27.6 Å². The number of carbonyl (C=O) groups excluding carboxylic acids is 1. The van der Waals surface area contributed by atoms with Gasteiger partial charge in [0.05, 0.1) is 5.92 Å². The summed E-state index contributed by atoms with van der Waals surface area (Å²) in [4.78, 5) is 16.1. The van der Waals surface area contributed by atoms with Gasteiger partial charge in [0, 0.05) is 26.1 Å². The summed E-state index contributed by atoms with van der Waals surface area (Å²) in [5.74, 6) is 1.01. The molecule has 1 aromatic heterocycles. The highest BCUT2D eigenvalue weighted by atomic mass is 16.1. The van der Waals surface area contributed by atoms with Gasteiger partial charge in [0.25, 0.3) is 0 Å². The third-order valence-corrected chi connectivity index (χ3v) is 3.39. The molecule has 1 amide bonds. The second-order valence-electron chi connectivity index (χ2n) is 4.87. The van der Waals surface area contributed by atoms with E-state index in [-0.39, 0.29) is 17.9 Å². The van der Waals surface area contributed by atoms with E-state index in [1.807, 2.05) is 7.05 Å². The van der Waals surface area contributed by atoms with Crippen molar-refractivity contribution in [2.75, 3.05) is 13.1 Å². The first kappa shape index (κ1) is 13.0. The summed E-state index contributed by atoms with van der Waals surface area (Å²) in [6, 6.07) is 0.270. The lowest BCUT2D eigenvalue weighted by Gasteiger charge is -2.28. The predicted molar refractivity (Wildman–Crippen MR) is 67.9 cm³/mol. The van der Waals surface area contributed by atoms with Crippen LogP contribution in [-0.2, 0) is 18.3 Å². The van der Waals surface area contributed by atoms with Crippen LogP contribution < -0.4 is 10.6 Å². The number of nitrogens with zero attached hydrogens (tertiary/aromatic N) is 3. The molecule has 2 N–H and O–H groups in total. The van der Waals surface area contributed by atoms with Gasteiger partial charge in [-0.3, -0.25) is 9.48 Å². The van der Waals surface area contributed by atoms with Crippen molar-refractivity contribution in [3.05, 3.63) is 12.2 Å². The van der Waals surface area contributed by atoms with Crippen molar-refractivity contribution >= 4 is 5.91 Å². The zero-order valence-corrected chi connectivity index (χ0v) is 11.0. The van der Waals surface area contributed by atoms with E-state index >= 15 is 0 Å². The number of nitrogens with one attached hydrogen (secondary N) is 2. The first-order chi connectivity index (χ1) is 8.66. The first-order valence-electron chi connectivity index (χ1n) is 6.52. The number of piperidine rings is 1. The van der Waals surface area contributed by atoms with Crippen LogP contribution in [0.1, 0.15) is 25.6 Å². The van der Waals surface area contributed by atoms with Gasteiger partial charge in [-0.2, -0.15) is 5.10 Å². The van der Waals surface area contributed by atoms with E-state index in [0.29, 0.717) is 13.0 Å². The molecule has 6 heteroatoms. The number of aryl methyl sites for hydroxylation is 1. The Balaban J connectivity index is 1.74. The Morgan fingerprint density at radius 2 is 2.50 bits per heavy atom. The van der Waals surface area contributed by atoms with Gasteiger partial charge in [-0.25, -0.2) is 4.98 Å². The standard InChI is InChI=1S/C12H21N5O/c1-9-10(4-3-6-13-9)12(18)14-7-5-11-15-8-17(2)16-11/h8-10,13H,3-7H2,1-2H3,(H,14,18). The zero-order chi connectivity index (χ0) is 13.0. The van der Waals surface area contributed by atoms with E-state index in [1.165, 1.54) is 0 Å². The van der Waals surface area contributed by atoms with Crippen LogP contribution in [0.25, 0.3) is 0 Å². The maximum Gasteiger partial charge on any atom is 0.224 e. The van der Waals surface area contributed by atoms with Gasteiger partial charge in [0.2, 0.25) is 5.91 Å². The first-order valence-corrected chi connectivity index (χ1v) is 6.52. The molecule has 18 heavy (non-hydrogen) atoms. The van der Waals surface area contributed by atoms with Crippen LogP contribution in [0.4, 0.5) is 0 Å². The maximum atomic E-state index is 12.0. The Labute approximate surface area is 107 Å². The van der Waals surface area contributed by atoms with Gasteiger partial charge < -0.3 is 10.6 Å². The van der Waals surface area contributed by atoms with Crippen molar-refractivity contribution in [1.29, 1.82) is 0 Å². The van der Waals surface area contributed by atoms with E-state index in [4.69, 9.17) is 0 Å². The van der Waals surface area contributed by atoms with Gasteiger partial charge in [-0.15, -0.1) is 0 Å². The van der Waals surface area contributed by atoms with E-state index in [0.717, 1.165) is 25.2 Å². The molecule has 1 aliphatic heterocycles. The molecule has 0 aromatic carbocycles. The summed E-state index contributed by atoms with van der Waals surface area (Å²) in [5.41, 5.74) is 0. The van der Waals surface area contributed by atoms with Gasteiger partial charge in [-0.1, -0.05) is 0 Å². The molecule has 100 valence electrons. The molecular weight excluding hydrogens is 230 g/mol. The highest BCUT2D eigenvalue weighted by molar-refractivity contribution is 5.79. The van der Waals surface area contributed by atoms with Crippen LogP contribution in [0.5, 0.6) is 0 Å². The van der Waals surface area contributed by atoms with Crippen molar-refractivity contribution < 1.29 is 4.79 Å². The van der Waals surface area contributed by atoms with Crippen molar-refractivity contribution in [2.45, 2.75) is 32.2 Å². The fraction of sp³-hybridized carbons (Fsp3) is 0.750. The van der Waals surface area contributed by atoms with Crippen LogP contribution in [-0.4, -0.2) is 39.8 Å². The molecule has 6 nitrogen and oxygen atoms in total. The molecule has 0 spiro atoms. The highest BCUT2D eigenvalue weighted by Gasteiger charge is 2.26. The van der Waals surface area contributed by atoms with E-state index < -0.39 is 0 Å². The smallest absolute Gasteiger partial charge is 0.224 e. The molecule has 2 heterocycles. The van der Waals surface area contributed by atoms with Gasteiger partial charge in [-0.05, 0) is 26.3 Å². The predicted octanol–water partition coefficient (Wildman–Crippen LogP) is -0.138. The van der Waals surface area contributed by atoms with E-state index in [1.54, 1.807) is 11.0 Å². The van der Waals surface area contributed by atoms with Crippen molar-refractivity contribution in [1.82, 2.24) is 25.4 Å². The minimum absolute atomic E-state index is 0.0930. The Morgan fingerprint density at radius 3 is 3.17 bits per heavy atom. The van der Waals surface area contributed by atoms with Gasteiger partial charge in [0.15, 0.2) is 5.82 Å². The summed E-state index contributed by atoms with van der Waals surface area (Å²) in [6.45, 7) is 3.69. The third kappa shape index (κ3) is 3.29. The number of aromatic nitrogens is 3. The normalized spacial score (nSPS) is 23.9. The Hall–Kier alpha value is -1.43. The van der Waals surface area contributed by atoms with Crippen molar-refractivity contribution in [3.63, 3.8) is 0 Å². The summed E-state index contributed by atoms with van der Waals surface area (Å²) in [5, 5.41) is 10.5. The van der Waals surface area contributed by atoms with Gasteiger partial charge in [0.1, 0.15) is 6.33 Å². The summed E-state index contributed by atoms with van der Waals surface area (Å²) in [6.07, 6.45) is 4.40. The monoisotopic (exact) mass is 251 g/mol. The number of amides is 1. The van der Waals surface area contributed by atoms with Crippen LogP contribution >= 0.6 is 0 Å². The molecule has 0 saturated carbocycles. The molecular formula is C12H21N5O. The molecule has 2 atom stereocenters. The minimum Gasteiger partial charge on any atom is -0.355 e. The molecule has 0 aliphatic carbocycles. The molecule has 2 rings (SSSR count). The quantitative estimate of drug-likeness (QED) is 0.781. The number of hydrogen-bond donors (Lipinski definition) is 2. The molecule has 1 aromatic rings. The maximum absolute atomic E-state index is 12.0. The highest BCUT2D eigenvalue weighted by Crippen LogP contribution is 2.16. The fourth-order valence-corrected chi connectivity index (χ4v) is 2.33. The largest absolute Gasteiger partial charge is 0.355 e. The SMILES string of the molecule is CC1NCCCC1C(=O)NCCc1ncn(C)n1. The van der Waals surface area contributed by atoms with Crippen molar-refractivity contribution in [3.8, 4) is 0 Å². The van der Waals surface area contributed by atoms with Crippen LogP contribution in [0.2, 0.25) is 0 Å². The Morgan fingerprint density at radius 1 is 1.67 bits per heavy atom. The molecule has 1 fully saturated rings. The summed E-state index contributed by atoms with van der Waals surface area (Å²) in [7, 11) is 1.84. The fourth-order valence-electron chi connectivity index (χ4n) is 2.33. The number of carbonyl (C=O) groups is 1. The van der Waals surface area contributed by atoms with Crippen LogP contribution in [0.15, 0.2) is 6.33 Å². The number of hydrogen-bond acceptors (Lipinski definition) is 4. The molecule has 1 aliphatic rings. The summed E-state index contributed by atoms with van der Waals surface area (Å²) < 4.78 is 1.67. The van der Waals surface area contributed by atoms with Gasteiger partial charge >= 0.3 is 0 Å². The number of rotatable bonds is 4. The van der Waals surface area contributed by atoms with Crippen molar-refractivity contribution in [2.24, 2.45) is 13.0 Å². The minimum atomic E-state index is 0.0930. The Kier molecular flexibility index (Phi) is 4.30. The Bertz CT molecular complexity index is 403. The second kappa shape index (κ2) is 5.95. The lowest BCUT2D eigenvalue weighted by molar-refractivity contribution is -0.126. The topological polar surface area (TPSA) is 71.8 Å². The summed E-state index contributed by atoms with van der Waals surface area (Å²) >= 11 is 0. The zero-order valence-electron chi connectivity index (χ0n) is 11.0. The molecule has 0 bridgehead atoms. The average Bonchev–Trinajstić information content (AvgIpc) is 2.75. The lowest BCUT2D eigenvalue weighted by Crippen LogP contribution is -2.47. The third-order valence-electron chi connectivity index (χ3n) is 3.39. The average molecular weight is 251 g/mol.